The zero-order valence-corrected chi connectivity index (χ0v) is 12.6. The molecule has 19 heavy (non-hydrogen) atoms. The summed E-state index contributed by atoms with van der Waals surface area (Å²) in [5, 5.41) is 10.5. The predicted octanol–water partition coefficient (Wildman–Crippen LogP) is 1.00. The molecule has 5 nitrogen and oxygen atoms in total. The van der Waals surface area contributed by atoms with E-state index < -0.39 is 10.0 Å². The number of likely N-dealkylation sites (N-methyl/N-ethyl adjacent to an activating group) is 1. The first-order valence-electron chi connectivity index (χ1n) is 6.41. The minimum Gasteiger partial charge on any atom is -0.391 e. The Morgan fingerprint density at radius 1 is 1.53 bits per heavy atom. The second-order valence-electron chi connectivity index (χ2n) is 4.89. The van der Waals surface area contributed by atoms with Crippen molar-refractivity contribution in [2.24, 2.45) is 0 Å². The van der Waals surface area contributed by atoms with E-state index >= 15 is 0 Å². The van der Waals surface area contributed by atoms with Crippen LogP contribution in [-0.4, -0.2) is 44.6 Å². The van der Waals surface area contributed by atoms with Gasteiger partial charge in [0.25, 0.3) is 0 Å². The largest absolute Gasteiger partial charge is 0.391 e. The van der Waals surface area contributed by atoms with Crippen LogP contribution in [0.1, 0.15) is 24.1 Å². The van der Waals surface area contributed by atoms with Crippen molar-refractivity contribution in [3.8, 4) is 0 Å². The molecular weight excluding hydrogens is 284 g/mol. The highest BCUT2D eigenvalue weighted by molar-refractivity contribution is 7.89. The number of piperidine rings is 1. The second kappa shape index (κ2) is 6.32. The molecule has 1 saturated heterocycles. The van der Waals surface area contributed by atoms with Crippen LogP contribution in [0.5, 0.6) is 0 Å². The summed E-state index contributed by atoms with van der Waals surface area (Å²) in [7, 11) is -1.42. The normalized spacial score (nSPS) is 21.7. The van der Waals surface area contributed by atoms with E-state index in [9.17, 15) is 8.42 Å². The van der Waals surface area contributed by atoms with E-state index in [1.807, 2.05) is 7.05 Å². The van der Waals surface area contributed by atoms with Crippen LogP contribution >= 0.6 is 11.3 Å². The number of nitrogens with zero attached hydrogens (tertiary/aromatic N) is 1. The molecule has 0 radical (unpaired) electrons. The molecule has 0 aromatic carbocycles. The lowest BCUT2D eigenvalue weighted by Gasteiger charge is -2.32. The lowest BCUT2D eigenvalue weighted by atomic mass is 10.0. The molecule has 108 valence electrons. The number of aliphatic hydroxyl groups excluding tert-OH is 1. The van der Waals surface area contributed by atoms with E-state index in [1.54, 1.807) is 5.38 Å². The molecule has 1 atom stereocenters. The molecule has 1 aliphatic heterocycles. The maximum absolute atomic E-state index is 12.1. The highest BCUT2D eigenvalue weighted by Crippen LogP contribution is 2.20. The minimum atomic E-state index is -3.45. The summed E-state index contributed by atoms with van der Waals surface area (Å²) in [5.74, 6) is 0. The van der Waals surface area contributed by atoms with Crippen molar-refractivity contribution in [2.45, 2.75) is 36.8 Å². The van der Waals surface area contributed by atoms with Gasteiger partial charge in [0.05, 0.1) is 11.5 Å². The molecule has 1 aromatic rings. The molecule has 2 heterocycles. The first-order valence-corrected chi connectivity index (χ1v) is 8.77. The van der Waals surface area contributed by atoms with Gasteiger partial charge in [0.1, 0.15) is 0 Å². The zero-order valence-electron chi connectivity index (χ0n) is 11.0. The molecule has 0 amide bonds. The van der Waals surface area contributed by atoms with Crippen LogP contribution in [0.25, 0.3) is 0 Å². The summed E-state index contributed by atoms with van der Waals surface area (Å²) < 4.78 is 26.9. The number of thiophene rings is 1. The van der Waals surface area contributed by atoms with Gasteiger partial charge < -0.3 is 10.0 Å². The quantitative estimate of drug-likeness (QED) is 0.851. The molecule has 2 N–H and O–H groups in total. The molecule has 7 heteroatoms. The molecule has 1 unspecified atom stereocenters. The Bertz CT molecular complexity index is 513. The predicted molar refractivity (Wildman–Crippen MR) is 75.7 cm³/mol. The summed E-state index contributed by atoms with van der Waals surface area (Å²) in [6.45, 7) is 1.36. The van der Waals surface area contributed by atoms with Gasteiger partial charge in [0.15, 0.2) is 0 Å². The fourth-order valence-corrected chi connectivity index (χ4v) is 4.48. The van der Waals surface area contributed by atoms with Gasteiger partial charge in [-0.25, -0.2) is 13.1 Å². The number of hydrogen-bond donors (Lipinski definition) is 2. The van der Waals surface area contributed by atoms with Crippen molar-refractivity contribution >= 4 is 21.4 Å². The van der Waals surface area contributed by atoms with Crippen molar-refractivity contribution in [3.63, 3.8) is 0 Å². The summed E-state index contributed by atoms with van der Waals surface area (Å²) in [6, 6.07) is 1.80. The fraction of sp³-hybridized carbons (Fsp3) is 0.667. The molecule has 2 rings (SSSR count). The Kier molecular flexibility index (Phi) is 4.97. The third kappa shape index (κ3) is 3.76. The van der Waals surface area contributed by atoms with Crippen LogP contribution in [0.3, 0.4) is 0 Å². The van der Waals surface area contributed by atoms with Gasteiger partial charge >= 0.3 is 0 Å². The van der Waals surface area contributed by atoms with Crippen LogP contribution < -0.4 is 4.72 Å². The number of nitrogens with one attached hydrogen (secondary N) is 1. The topological polar surface area (TPSA) is 69.6 Å². The van der Waals surface area contributed by atoms with Gasteiger partial charge in [-0.2, -0.15) is 0 Å². The summed E-state index contributed by atoms with van der Waals surface area (Å²) >= 11 is 1.26. The highest BCUT2D eigenvalue weighted by atomic mass is 32.2. The number of hydrogen-bond acceptors (Lipinski definition) is 5. The Morgan fingerprint density at radius 3 is 2.95 bits per heavy atom. The average Bonchev–Trinajstić information content (AvgIpc) is 2.87. The van der Waals surface area contributed by atoms with Crippen LogP contribution in [-0.2, 0) is 16.6 Å². The van der Waals surface area contributed by atoms with Gasteiger partial charge in [-0.3, -0.25) is 0 Å². The van der Waals surface area contributed by atoms with Crippen LogP contribution in [0.15, 0.2) is 16.3 Å². The molecular formula is C12H20N2O3S2. The van der Waals surface area contributed by atoms with Gasteiger partial charge in [0.2, 0.25) is 10.0 Å². The number of aliphatic hydroxyl groups is 1. The summed E-state index contributed by atoms with van der Waals surface area (Å²) in [6.07, 6.45) is 3.37. The maximum atomic E-state index is 12.1. The molecule has 0 aliphatic carbocycles. The van der Waals surface area contributed by atoms with Crippen LogP contribution in [0, 0.1) is 0 Å². The third-order valence-corrected chi connectivity index (χ3v) is 6.00. The number of likely N-dealkylation sites (tertiary alicyclic amines) is 1. The Balaban J connectivity index is 1.97. The summed E-state index contributed by atoms with van der Waals surface area (Å²) in [5.41, 5.74) is 0. The first kappa shape index (κ1) is 14.9. The smallest absolute Gasteiger partial charge is 0.241 e. The average molecular weight is 304 g/mol. The SMILES string of the molecule is CN1CCCCC1CNS(=O)(=O)c1csc(CO)c1. The third-order valence-electron chi connectivity index (χ3n) is 3.53. The number of sulfonamides is 1. The first-order chi connectivity index (χ1) is 9.03. The Hall–Kier alpha value is -0.470. The van der Waals surface area contributed by atoms with Crippen molar-refractivity contribution in [1.29, 1.82) is 0 Å². The molecule has 1 fully saturated rings. The zero-order chi connectivity index (χ0) is 13.9. The fourth-order valence-electron chi connectivity index (χ4n) is 2.28. The lowest BCUT2D eigenvalue weighted by molar-refractivity contribution is 0.187. The van der Waals surface area contributed by atoms with E-state index in [4.69, 9.17) is 5.11 Å². The maximum Gasteiger partial charge on any atom is 0.241 e. The molecule has 1 aliphatic rings. The van der Waals surface area contributed by atoms with Crippen molar-refractivity contribution in [2.75, 3.05) is 20.1 Å². The van der Waals surface area contributed by atoms with E-state index in [2.05, 4.69) is 9.62 Å². The molecule has 0 bridgehead atoms. The van der Waals surface area contributed by atoms with Gasteiger partial charge in [-0.05, 0) is 32.5 Å². The monoisotopic (exact) mass is 304 g/mol. The van der Waals surface area contributed by atoms with Gasteiger partial charge in [-0.1, -0.05) is 6.42 Å². The lowest BCUT2D eigenvalue weighted by Crippen LogP contribution is -2.44. The van der Waals surface area contributed by atoms with Crippen molar-refractivity contribution in [1.82, 2.24) is 9.62 Å². The van der Waals surface area contributed by atoms with E-state index in [-0.39, 0.29) is 17.5 Å². The van der Waals surface area contributed by atoms with E-state index in [0.717, 1.165) is 19.4 Å². The van der Waals surface area contributed by atoms with Gasteiger partial charge in [0, 0.05) is 22.8 Å². The molecule has 1 aromatic heterocycles. The van der Waals surface area contributed by atoms with E-state index in [1.165, 1.54) is 23.8 Å². The molecule has 0 saturated carbocycles. The van der Waals surface area contributed by atoms with Crippen molar-refractivity contribution in [3.05, 3.63) is 16.3 Å². The second-order valence-corrected chi connectivity index (χ2v) is 7.65. The van der Waals surface area contributed by atoms with Crippen LogP contribution in [0.4, 0.5) is 0 Å². The Labute approximate surface area is 118 Å². The highest BCUT2D eigenvalue weighted by Gasteiger charge is 2.22. The van der Waals surface area contributed by atoms with Crippen molar-refractivity contribution < 1.29 is 13.5 Å². The minimum absolute atomic E-state index is 0.119. The van der Waals surface area contributed by atoms with Crippen LogP contribution in [0.2, 0.25) is 0 Å². The Morgan fingerprint density at radius 2 is 2.32 bits per heavy atom. The number of rotatable bonds is 5. The molecule has 0 spiro atoms. The van der Waals surface area contributed by atoms with Gasteiger partial charge in [-0.15, -0.1) is 11.3 Å². The standard InChI is InChI=1S/C12H20N2O3S2/c1-14-5-3-2-4-10(14)7-13-19(16,17)12-6-11(8-15)18-9-12/h6,9-10,13,15H,2-5,7-8H2,1H3. The van der Waals surface area contributed by atoms with E-state index in [0.29, 0.717) is 11.4 Å². The summed E-state index contributed by atoms with van der Waals surface area (Å²) in [4.78, 5) is 3.12.